The first-order valence-corrected chi connectivity index (χ1v) is 15.2. The summed E-state index contributed by atoms with van der Waals surface area (Å²) in [7, 11) is 0. The number of hydrogen-bond donors (Lipinski definition) is 2. The van der Waals surface area contributed by atoms with E-state index in [-0.39, 0.29) is 22.5 Å². The number of rotatable bonds is 6. The van der Waals surface area contributed by atoms with Gasteiger partial charge in [-0.05, 0) is 71.6 Å². The summed E-state index contributed by atoms with van der Waals surface area (Å²) >= 11 is 7.12. The lowest BCUT2D eigenvalue weighted by molar-refractivity contribution is 0.0686. The molecule has 194 valence electrons. The largest absolute Gasteiger partial charge is 0.478 e. The van der Waals surface area contributed by atoms with Crippen LogP contribution in [0.5, 0.6) is 0 Å². The predicted octanol–water partition coefficient (Wildman–Crippen LogP) is 8.49. The van der Waals surface area contributed by atoms with Gasteiger partial charge in [0.05, 0.1) is 43.3 Å². The predicted molar refractivity (Wildman–Crippen MR) is 162 cm³/mol. The van der Waals surface area contributed by atoms with Crippen LogP contribution in [0.1, 0.15) is 20.7 Å². The van der Waals surface area contributed by atoms with Crippen LogP contribution in [0.25, 0.3) is 61.8 Å². The summed E-state index contributed by atoms with van der Waals surface area (Å²) in [6.45, 7) is 0. The third-order valence-corrected chi connectivity index (χ3v) is 11.2. The number of pyridine rings is 3. The number of hydrogen-bond acceptors (Lipinski definition) is 9. The normalized spacial score (nSPS) is 11.4. The molecule has 0 aliphatic carbocycles. The molecule has 0 spiro atoms. The first-order chi connectivity index (χ1) is 19.4. The van der Waals surface area contributed by atoms with Crippen LogP contribution in [0.2, 0.25) is 0 Å². The highest BCUT2D eigenvalue weighted by atomic mass is 32.1. The second-order valence-electron chi connectivity index (χ2n) is 8.78. The lowest BCUT2D eigenvalue weighted by Gasteiger charge is -2.08. The van der Waals surface area contributed by atoms with Gasteiger partial charge in [-0.3, -0.25) is 9.97 Å². The number of carbonyl (C=O) groups is 2. The van der Waals surface area contributed by atoms with E-state index in [4.69, 9.17) is 0 Å². The number of aromatic nitrogens is 3. The summed E-state index contributed by atoms with van der Waals surface area (Å²) in [6, 6.07) is 18.0. The van der Waals surface area contributed by atoms with Crippen molar-refractivity contribution in [3.05, 3.63) is 89.6 Å². The molecule has 2 N–H and O–H groups in total. The van der Waals surface area contributed by atoms with E-state index >= 15 is 0 Å². The molecule has 0 amide bonds. The maximum absolute atomic E-state index is 11.9. The van der Waals surface area contributed by atoms with Gasteiger partial charge in [0.2, 0.25) is 0 Å². The van der Waals surface area contributed by atoms with Crippen molar-refractivity contribution in [3.8, 4) is 43.0 Å². The van der Waals surface area contributed by atoms with Crippen LogP contribution in [-0.4, -0.2) is 37.1 Å². The Kier molecular flexibility index (Phi) is 6.01. The Morgan fingerprint density at radius 3 is 2.08 bits per heavy atom. The zero-order valence-corrected chi connectivity index (χ0v) is 23.5. The quantitative estimate of drug-likeness (QED) is 0.198. The minimum atomic E-state index is -1.13. The van der Waals surface area contributed by atoms with Gasteiger partial charge in [0.15, 0.2) is 0 Å². The molecule has 0 fully saturated rings. The monoisotopic (exact) mass is 597 g/mol. The molecule has 0 aromatic carbocycles. The van der Waals surface area contributed by atoms with Crippen LogP contribution in [0, 0.1) is 0 Å². The van der Waals surface area contributed by atoms with Crippen LogP contribution in [0.15, 0.2) is 78.4 Å². The van der Waals surface area contributed by atoms with E-state index in [1.807, 2.05) is 34.8 Å². The van der Waals surface area contributed by atoms with Gasteiger partial charge in [0.1, 0.15) is 0 Å². The van der Waals surface area contributed by atoms with E-state index < -0.39 is 11.9 Å². The van der Waals surface area contributed by atoms with E-state index in [9.17, 15) is 19.8 Å². The summed E-state index contributed by atoms with van der Waals surface area (Å²) in [6.07, 6.45) is 3.04. The Morgan fingerprint density at radius 1 is 0.600 bits per heavy atom. The minimum Gasteiger partial charge on any atom is -0.478 e. The second-order valence-corrected chi connectivity index (χ2v) is 12.9. The van der Waals surface area contributed by atoms with Crippen LogP contribution >= 0.6 is 45.3 Å². The number of carboxylic acid groups (broad SMARTS) is 2. The molecule has 0 saturated heterocycles. The fourth-order valence-electron chi connectivity index (χ4n) is 4.36. The molecule has 7 rings (SSSR count). The van der Waals surface area contributed by atoms with Gasteiger partial charge in [0.25, 0.3) is 0 Å². The molecule has 7 heterocycles. The molecule has 0 radical (unpaired) electrons. The topological polar surface area (TPSA) is 113 Å². The first kappa shape index (κ1) is 24.7. The molecule has 7 aromatic heterocycles. The van der Waals surface area contributed by atoms with E-state index in [1.54, 1.807) is 28.9 Å². The van der Waals surface area contributed by atoms with Crippen molar-refractivity contribution in [3.63, 3.8) is 0 Å². The Morgan fingerprint density at radius 2 is 1.30 bits per heavy atom. The molecule has 7 nitrogen and oxygen atoms in total. The Hall–Kier alpha value is -4.29. The van der Waals surface area contributed by atoms with E-state index in [0.717, 1.165) is 10.4 Å². The molecule has 0 aliphatic heterocycles. The molecule has 40 heavy (non-hydrogen) atoms. The van der Waals surface area contributed by atoms with Crippen LogP contribution in [0.3, 0.4) is 0 Å². The summed E-state index contributed by atoms with van der Waals surface area (Å²) in [4.78, 5) is 40.1. The van der Waals surface area contributed by atoms with Crippen molar-refractivity contribution in [2.75, 3.05) is 0 Å². The third kappa shape index (κ3) is 4.38. The highest BCUT2D eigenvalue weighted by Crippen LogP contribution is 2.47. The first-order valence-electron chi connectivity index (χ1n) is 11.8. The molecule has 0 aliphatic rings. The lowest BCUT2D eigenvalue weighted by Crippen LogP contribution is -2.02. The van der Waals surface area contributed by atoms with Gasteiger partial charge in [-0.2, -0.15) is 0 Å². The van der Waals surface area contributed by atoms with E-state index in [2.05, 4.69) is 44.6 Å². The molecule has 0 saturated carbocycles. The van der Waals surface area contributed by atoms with Gasteiger partial charge in [-0.1, -0.05) is 0 Å². The minimum absolute atomic E-state index is 0.00523. The van der Waals surface area contributed by atoms with Crippen molar-refractivity contribution in [1.82, 2.24) is 15.0 Å². The zero-order valence-electron chi connectivity index (χ0n) is 20.2. The maximum atomic E-state index is 11.9. The molecule has 0 unspecified atom stereocenters. The number of fused-ring (bicyclic) bond motifs is 3. The van der Waals surface area contributed by atoms with Crippen molar-refractivity contribution in [2.45, 2.75) is 0 Å². The Labute approximate surface area is 242 Å². The van der Waals surface area contributed by atoms with Crippen molar-refractivity contribution in [2.24, 2.45) is 0 Å². The maximum Gasteiger partial charge on any atom is 0.335 e. The molecular weight excluding hydrogens is 583 g/mol. The summed E-state index contributed by atoms with van der Waals surface area (Å²) in [5, 5.41) is 21.2. The smallest absolute Gasteiger partial charge is 0.335 e. The van der Waals surface area contributed by atoms with Crippen LogP contribution in [-0.2, 0) is 0 Å². The zero-order chi connectivity index (χ0) is 27.4. The highest BCUT2D eigenvalue weighted by Gasteiger charge is 2.17. The second kappa shape index (κ2) is 9.72. The standard InChI is InChI=1S/C29H15N3O4S4/c33-28(34)15-4-7-31-18(10-15)20-12-16(29(35)36)11-19(32-20)17-9-14(3-6-30-17)21-1-2-22(38-21)24-13-25-27(40-24)26-23(39-25)5-8-37-26/h1-13H,(H,33,34)(H,35,36). The molecule has 11 heteroatoms. The average Bonchev–Trinajstić information content (AvgIpc) is 3.75. The highest BCUT2D eigenvalue weighted by molar-refractivity contribution is 7.39. The Bertz CT molecular complexity index is 2100. The Balaban J connectivity index is 1.26. The molecule has 7 aromatic rings. The molecule has 0 atom stereocenters. The average molecular weight is 598 g/mol. The van der Waals surface area contributed by atoms with Crippen molar-refractivity contribution in [1.29, 1.82) is 0 Å². The number of nitrogens with zero attached hydrogens (tertiary/aromatic N) is 3. The molecular formula is C29H15N3O4S4. The summed E-state index contributed by atoms with van der Waals surface area (Å²) < 4.78 is 5.34. The van der Waals surface area contributed by atoms with Crippen molar-refractivity contribution < 1.29 is 19.8 Å². The fourth-order valence-corrected chi connectivity index (χ4v) is 9.21. The summed E-state index contributed by atoms with van der Waals surface area (Å²) in [5.41, 5.74) is 2.35. The number of thiophene rings is 4. The molecule has 0 bridgehead atoms. The van der Waals surface area contributed by atoms with Crippen LogP contribution in [0.4, 0.5) is 0 Å². The van der Waals surface area contributed by atoms with Crippen LogP contribution < -0.4 is 0 Å². The number of carboxylic acids is 2. The van der Waals surface area contributed by atoms with Gasteiger partial charge < -0.3 is 10.2 Å². The lowest BCUT2D eigenvalue weighted by atomic mass is 10.1. The van der Waals surface area contributed by atoms with E-state index in [0.29, 0.717) is 11.4 Å². The van der Waals surface area contributed by atoms with Gasteiger partial charge >= 0.3 is 11.9 Å². The summed E-state index contributed by atoms with van der Waals surface area (Å²) in [5.74, 6) is -2.24. The van der Waals surface area contributed by atoms with E-state index in [1.165, 1.54) is 59.0 Å². The van der Waals surface area contributed by atoms with Gasteiger partial charge in [-0.15, -0.1) is 45.3 Å². The number of aromatic carboxylic acids is 2. The van der Waals surface area contributed by atoms with Gasteiger partial charge in [0, 0.05) is 36.4 Å². The van der Waals surface area contributed by atoms with Gasteiger partial charge in [-0.25, -0.2) is 14.6 Å². The van der Waals surface area contributed by atoms with Crippen molar-refractivity contribution >= 4 is 76.1 Å². The fraction of sp³-hybridized carbons (Fsp3) is 0. The third-order valence-electron chi connectivity index (χ3n) is 6.25. The SMILES string of the molecule is O=C(O)c1ccnc(-c2cc(C(=O)O)cc(-c3cc(-c4ccc(-c5cc6sc7ccsc7c6s5)s4)ccn3)n2)c1.